The molecule has 98 heavy (non-hydrogen) atoms. The summed E-state index contributed by atoms with van der Waals surface area (Å²) in [5, 5.41) is 52.5. The Hall–Kier alpha value is -9.62. The van der Waals surface area contributed by atoms with Gasteiger partial charge in [-0.15, -0.1) is 0 Å². The van der Waals surface area contributed by atoms with E-state index in [1.807, 2.05) is 194 Å². The number of esters is 2. The summed E-state index contributed by atoms with van der Waals surface area (Å²) in [5.74, 6) is 3.67. The van der Waals surface area contributed by atoms with Crippen LogP contribution in [0.5, 0.6) is 46.0 Å². The molecule has 4 atom stereocenters. The molecule has 0 amide bonds. The highest BCUT2D eigenvalue weighted by Crippen LogP contribution is 2.38. The van der Waals surface area contributed by atoms with Crippen molar-refractivity contribution in [1.82, 2.24) is 0 Å². The molecule has 0 fully saturated rings. The van der Waals surface area contributed by atoms with Gasteiger partial charge in [0.15, 0.2) is 0 Å². The van der Waals surface area contributed by atoms with E-state index in [1.54, 1.807) is 0 Å². The first-order valence-electron chi connectivity index (χ1n) is 32.7. The number of aliphatic hydroxyl groups is 5. The summed E-state index contributed by atoms with van der Waals surface area (Å²) >= 11 is 0. The van der Waals surface area contributed by atoms with Crippen molar-refractivity contribution < 1.29 is 82.5 Å². The van der Waals surface area contributed by atoms with Gasteiger partial charge >= 0.3 is 11.9 Å². The highest BCUT2D eigenvalue weighted by molar-refractivity contribution is 5.81. The van der Waals surface area contributed by atoms with Crippen molar-refractivity contribution in [3.05, 3.63) is 264 Å². The maximum absolute atomic E-state index is 11.3. The Bertz CT molecular complexity index is 3520. The highest BCUT2D eigenvalue weighted by atomic mass is 16.6. The van der Waals surface area contributed by atoms with Gasteiger partial charge in [-0.05, 0) is 142 Å². The molecular formula is C81H92O17. The second-order valence-corrected chi connectivity index (χ2v) is 26.1. The van der Waals surface area contributed by atoms with E-state index in [0.717, 1.165) is 56.7 Å². The molecule has 0 saturated heterocycles. The first kappa shape index (κ1) is 74.2. The fourth-order valence-corrected chi connectivity index (χ4v) is 10.7. The molecule has 518 valence electrons. The minimum Gasteiger partial charge on any atom is -0.491 e. The summed E-state index contributed by atoms with van der Waals surface area (Å²) in [5.41, 5.74) is 7.11. The van der Waals surface area contributed by atoms with Crippen LogP contribution in [0.15, 0.2) is 219 Å². The molecule has 0 heterocycles. The number of rotatable bonds is 38. The second-order valence-electron chi connectivity index (χ2n) is 26.1. The SMILES string of the molecule is C=CC(=O)OCC(O)COc1ccc(C(C)(C)c2ccc(OCC(O)COc3ccc(C(C)(C)c4ccc(OCC(O)COc5ccc(C(C)(C)c6ccc(OCC(O)COc7ccc(C(C)(C)c8ccc(OCC(O)COC(=O)C=C)cc8)cc7)cc6)cc5)cc4)cc3)cc2)cc1. The fraction of sp³-hybridized carbons (Fsp3) is 0.333. The van der Waals surface area contributed by atoms with Gasteiger partial charge in [0.05, 0.1) is 0 Å². The molecule has 4 unspecified atom stereocenters. The van der Waals surface area contributed by atoms with Crippen molar-refractivity contribution in [2.45, 2.75) is 108 Å². The maximum atomic E-state index is 11.3. The molecule has 8 aromatic carbocycles. The van der Waals surface area contributed by atoms with E-state index in [-0.39, 0.29) is 87.7 Å². The topological polar surface area (TPSA) is 228 Å². The van der Waals surface area contributed by atoms with E-state index in [0.29, 0.717) is 46.0 Å². The van der Waals surface area contributed by atoms with Gasteiger partial charge in [-0.1, -0.05) is 166 Å². The summed E-state index contributed by atoms with van der Waals surface area (Å²) in [4.78, 5) is 22.5. The third-order valence-electron chi connectivity index (χ3n) is 17.3. The summed E-state index contributed by atoms with van der Waals surface area (Å²) in [7, 11) is 0. The normalized spacial score (nSPS) is 13.3. The van der Waals surface area contributed by atoms with Gasteiger partial charge in [-0.3, -0.25) is 0 Å². The number of hydrogen-bond acceptors (Lipinski definition) is 17. The number of ether oxygens (including phenoxy) is 10. The van der Waals surface area contributed by atoms with E-state index < -0.39 is 42.5 Å². The van der Waals surface area contributed by atoms with Crippen LogP contribution < -0.4 is 37.9 Å². The van der Waals surface area contributed by atoms with E-state index in [1.165, 1.54) is 0 Å². The Morgan fingerprint density at radius 2 is 0.388 bits per heavy atom. The van der Waals surface area contributed by atoms with Gasteiger partial charge in [0.2, 0.25) is 0 Å². The monoisotopic (exact) mass is 1340 g/mol. The Morgan fingerprint density at radius 1 is 0.265 bits per heavy atom. The quantitative estimate of drug-likeness (QED) is 0.0179. The summed E-state index contributed by atoms with van der Waals surface area (Å²) in [6, 6.07) is 62.1. The minimum atomic E-state index is -0.969. The predicted octanol–water partition coefficient (Wildman–Crippen LogP) is 12.4. The first-order chi connectivity index (χ1) is 46.8. The lowest BCUT2D eigenvalue weighted by Crippen LogP contribution is -2.25. The molecule has 0 aliphatic heterocycles. The smallest absolute Gasteiger partial charge is 0.330 e. The average Bonchev–Trinajstić information content (AvgIpc) is 0.827. The lowest BCUT2D eigenvalue weighted by Gasteiger charge is -2.27. The van der Waals surface area contributed by atoms with E-state index >= 15 is 0 Å². The van der Waals surface area contributed by atoms with E-state index in [9.17, 15) is 35.1 Å². The lowest BCUT2D eigenvalue weighted by molar-refractivity contribution is -0.142. The van der Waals surface area contributed by atoms with Crippen LogP contribution in [0.3, 0.4) is 0 Å². The van der Waals surface area contributed by atoms with Crippen LogP contribution in [-0.4, -0.2) is 134 Å². The number of benzene rings is 8. The third kappa shape index (κ3) is 21.2. The molecule has 0 aliphatic rings. The number of hydrogen-bond donors (Lipinski definition) is 5. The summed E-state index contributed by atoms with van der Waals surface area (Å²) in [6.07, 6.45) is -2.48. The molecule has 0 saturated carbocycles. The van der Waals surface area contributed by atoms with Crippen molar-refractivity contribution in [2.24, 2.45) is 0 Å². The van der Waals surface area contributed by atoms with Crippen molar-refractivity contribution in [1.29, 1.82) is 0 Å². The number of carbonyl (C=O) groups is 2. The molecule has 5 N–H and O–H groups in total. The van der Waals surface area contributed by atoms with Crippen LogP contribution >= 0.6 is 0 Å². The van der Waals surface area contributed by atoms with Gasteiger partial charge in [0, 0.05) is 33.8 Å². The Labute approximate surface area is 575 Å². The van der Waals surface area contributed by atoms with E-state index in [2.05, 4.69) is 68.5 Å². The molecule has 8 rings (SSSR count). The van der Waals surface area contributed by atoms with Crippen molar-refractivity contribution >= 4 is 11.9 Å². The maximum Gasteiger partial charge on any atom is 0.330 e. The molecule has 0 bridgehead atoms. The Morgan fingerprint density at radius 3 is 0.510 bits per heavy atom. The zero-order valence-corrected chi connectivity index (χ0v) is 57.1. The number of carbonyl (C=O) groups excluding carboxylic acids is 2. The molecule has 8 aromatic rings. The van der Waals surface area contributed by atoms with Crippen LogP contribution in [0.4, 0.5) is 0 Å². The molecule has 0 spiro atoms. The first-order valence-corrected chi connectivity index (χ1v) is 32.7. The zero-order chi connectivity index (χ0) is 70.5. The highest BCUT2D eigenvalue weighted by Gasteiger charge is 2.28. The average molecular weight is 1340 g/mol. The van der Waals surface area contributed by atoms with Gasteiger partial charge in [0.1, 0.15) is 143 Å². The van der Waals surface area contributed by atoms with Crippen LogP contribution in [0.1, 0.15) is 99.9 Å². The molecule has 0 aliphatic carbocycles. The molecule has 0 aromatic heterocycles. The van der Waals surface area contributed by atoms with Crippen LogP contribution in [0.2, 0.25) is 0 Å². The standard InChI is InChI=1S/C81H92O17/c1-11-76(87)97-53-66(85)51-95-74-41-25-61(26-42-74)80(7,8)59-21-37-72(38-22-59)93-49-64(83)47-91-70-33-17-57(18-34-70)78(3,4)55-13-29-68(30-14-55)89-45-63(82)46-90-69-31-15-56(16-32-69)79(5,6)58-19-35-71(36-20-58)92-48-65(84)50-94-73-39-23-60(24-40-73)81(9,10)62-27-43-75(44-28-62)96-52-67(86)54-98-77(88)12-2/h11-44,63-67,82-86H,1-2,45-54H2,3-10H3. The largest absolute Gasteiger partial charge is 0.491 e. The predicted molar refractivity (Wildman–Crippen MR) is 376 cm³/mol. The molecule has 17 nitrogen and oxygen atoms in total. The number of aliphatic hydroxyl groups excluding tert-OH is 5. The summed E-state index contributed by atoms with van der Waals surface area (Å²) in [6.45, 7) is 23.6. The van der Waals surface area contributed by atoms with Crippen molar-refractivity contribution in [3.8, 4) is 46.0 Å². The Balaban J connectivity index is 0.697. The van der Waals surface area contributed by atoms with E-state index in [4.69, 9.17) is 47.4 Å². The van der Waals surface area contributed by atoms with Gasteiger partial charge in [0.25, 0.3) is 0 Å². The van der Waals surface area contributed by atoms with Crippen molar-refractivity contribution in [3.63, 3.8) is 0 Å². The lowest BCUT2D eigenvalue weighted by atomic mass is 9.78. The molecule has 17 heteroatoms. The Kier molecular flexibility index (Phi) is 26.1. The fourth-order valence-electron chi connectivity index (χ4n) is 10.7. The zero-order valence-electron chi connectivity index (χ0n) is 57.1. The van der Waals surface area contributed by atoms with Gasteiger partial charge < -0.3 is 72.9 Å². The third-order valence-corrected chi connectivity index (χ3v) is 17.3. The van der Waals surface area contributed by atoms with Crippen LogP contribution in [0, 0.1) is 0 Å². The van der Waals surface area contributed by atoms with Gasteiger partial charge in [-0.2, -0.15) is 0 Å². The van der Waals surface area contributed by atoms with Crippen LogP contribution in [-0.2, 0) is 40.7 Å². The minimum absolute atomic E-state index is 0.0296. The van der Waals surface area contributed by atoms with Gasteiger partial charge in [-0.25, -0.2) is 9.59 Å². The molecular weight excluding hydrogens is 1240 g/mol. The summed E-state index contributed by atoms with van der Waals surface area (Å²) < 4.78 is 56.8. The molecule has 0 radical (unpaired) electrons. The second kappa shape index (κ2) is 34.5. The van der Waals surface area contributed by atoms with Crippen molar-refractivity contribution in [2.75, 3.05) is 66.1 Å². The van der Waals surface area contributed by atoms with Crippen LogP contribution in [0.25, 0.3) is 0 Å².